The zero-order chi connectivity index (χ0) is 32.7. The Morgan fingerprint density at radius 2 is 1.89 bits per heavy atom. The maximum atomic E-state index is 13.6. The highest BCUT2D eigenvalue weighted by Crippen LogP contribution is 2.38. The van der Waals surface area contributed by atoms with Crippen molar-refractivity contribution in [3.05, 3.63) is 80.8 Å². The summed E-state index contributed by atoms with van der Waals surface area (Å²) in [6.07, 6.45) is 4.84. The highest BCUT2D eigenvalue weighted by atomic mass is 35.5. The molecule has 242 valence electrons. The molecule has 2 aliphatic heterocycles. The van der Waals surface area contributed by atoms with Gasteiger partial charge in [-0.3, -0.25) is 9.10 Å². The second kappa shape index (κ2) is 12.7. The topological polar surface area (TPSA) is 127 Å². The number of halogens is 2. The van der Waals surface area contributed by atoms with Gasteiger partial charge in [-0.2, -0.15) is 0 Å². The third-order valence-corrected chi connectivity index (χ3v) is 10.6. The molecule has 0 spiro atoms. The summed E-state index contributed by atoms with van der Waals surface area (Å²) in [5, 5.41) is 0.432. The number of pyridine rings is 3. The predicted octanol–water partition coefficient (Wildman–Crippen LogP) is 4.00. The van der Waals surface area contributed by atoms with Gasteiger partial charge < -0.3 is 23.8 Å². The van der Waals surface area contributed by atoms with Crippen LogP contribution in [0.5, 0.6) is 5.88 Å². The van der Waals surface area contributed by atoms with Crippen LogP contribution < -0.4 is 19.4 Å². The molecule has 12 nitrogen and oxygen atoms in total. The van der Waals surface area contributed by atoms with Crippen molar-refractivity contribution < 1.29 is 22.7 Å². The van der Waals surface area contributed by atoms with Crippen molar-refractivity contribution in [1.82, 2.24) is 19.4 Å². The number of carbonyl (C=O) groups excluding carboxylic acids is 1. The number of anilines is 2. The van der Waals surface area contributed by atoms with Gasteiger partial charge in [0.05, 0.1) is 46.5 Å². The number of carbonyl (C=O) groups is 1. The summed E-state index contributed by atoms with van der Waals surface area (Å²) in [7, 11) is 0.283. The first kappa shape index (κ1) is 32.0. The van der Waals surface area contributed by atoms with E-state index in [-0.39, 0.29) is 52.9 Å². The van der Waals surface area contributed by atoms with Crippen LogP contribution in [0.1, 0.15) is 23.7 Å². The Balaban J connectivity index is 1.43. The number of sulfonamides is 1. The van der Waals surface area contributed by atoms with Crippen LogP contribution in [-0.2, 0) is 14.8 Å². The zero-order valence-electron chi connectivity index (χ0n) is 25.4. The molecule has 2 fully saturated rings. The quantitative estimate of drug-likeness (QED) is 0.238. The Kier molecular flexibility index (Phi) is 8.85. The Morgan fingerprint density at radius 3 is 2.57 bits per heavy atom. The van der Waals surface area contributed by atoms with E-state index in [0.717, 1.165) is 18.9 Å². The van der Waals surface area contributed by atoms with Gasteiger partial charge >= 0.3 is 5.97 Å². The number of hydrogen-bond acceptors (Lipinski definition) is 10. The predicted molar refractivity (Wildman–Crippen MR) is 177 cm³/mol. The number of aromatic nitrogens is 3. The maximum absolute atomic E-state index is 13.6. The number of rotatable bonds is 9. The van der Waals surface area contributed by atoms with E-state index in [1.807, 2.05) is 26.2 Å². The molecular weight excluding hydrogens is 655 g/mol. The second-order valence-electron chi connectivity index (χ2n) is 11.3. The van der Waals surface area contributed by atoms with E-state index < -0.39 is 27.5 Å². The van der Waals surface area contributed by atoms with E-state index in [1.165, 1.54) is 22.8 Å². The molecule has 1 aromatic carbocycles. The Morgan fingerprint density at radius 1 is 1.11 bits per heavy atom. The molecule has 6 rings (SSSR count). The van der Waals surface area contributed by atoms with Gasteiger partial charge in [-0.25, -0.2) is 23.2 Å². The molecule has 4 aromatic rings. The first-order valence-electron chi connectivity index (χ1n) is 14.7. The number of fused-ring (bicyclic) bond motifs is 1. The molecule has 1 atom stereocenters. The molecular formula is C31H32Cl2N6O6S. The van der Waals surface area contributed by atoms with Gasteiger partial charge in [0, 0.05) is 36.9 Å². The molecule has 0 aliphatic carbocycles. The number of nitrogens with zero attached hydrogens (tertiary/aromatic N) is 6. The molecule has 5 heterocycles. The summed E-state index contributed by atoms with van der Waals surface area (Å²) in [6.45, 7) is 3.39. The Labute approximate surface area is 276 Å². The van der Waals surface area contributed by atoms with Gasteiger partial charge in [-0.15, -0.1) is 0 Å². The fraction of sp³-hybridized carbons (Fsp3) is 0.355. The van der Waals surface area contributed by atoms with Gasteiger partial charge in [0.15, 0.2) is 0 Å². The van der Waals surface area contributed by atoms with Crippen LogP contribution in [0.4, 0.5) is 11.5 Å². The molecule has 3 aromatic heterocycles. The third-order valence-electron chi connectivity index (χ3n) is 8.21. The van der Waals surface area contributed by atoms with Crippen molar-refractivity contribution in [2.45, 2.75) is 25.4 Å². The number of ether oxygens (including phenoxy) is 2. The largest absolute Gasteiger partial charge is 0.474 e. The minimum Gasteiger partial charge on any atom is -0.474 e. The first-order valence-corrected chi connectivity index (χ1v) is 17.0. The van der Waals surface area contributed by atoms with Crippen LogP contribution >= 0.6 is 23.2 Å². The second-order valence-corrected chi connectivity index (χ2v) is 14.1. The van der Waals surface area contributed by atoms with Crippen molar-refractivity contribution in [2.24, 2.45) is 0 Å². The molecule has 0 bridgehead atoms. The Bertz CT molecular complexity index is 1970. The van der Waals surface area contributed by atoms with E-state index in [0.29, 0.717) is 22.3 Å². The van der Waals surface area contributed by atoms with Gasteiger partial charge in [0.1, 0.15) is 23.0 Å². The van der Waals surface area contributed by atoms with Crippen molar-refractivity contribution in [1.29, 1.82) is 0 Å². The maximum Gasteiger partial charge on any atom is 0.343 e. The fourth-order valence-electron chi connectivity index (χ4n) is 5.63. The minimum absolute atomic E-state index is 0.0187. The van der Waals surface area contributed by atoms with Gasteiger partial charge in [-0.05, 0) is 63.8 Å². The monoisotopic (exact) mass is 686 g/mol. The summed E-state index contributed by atoms with van der Waals surface area (Å²) in [4.78, 5) is 39.6. The van der Waals surface area contributed by atoms with Crippen LogP contribution in [0.25, 0.3) is 16.6 Å². The van der Waals surface area contributed by atoms with Crippen LogP contribution in [0, 0.1) is 0 Å². The van der Waals surface area contributed by atoms with Gasteiger partial charge in [-0.1, -0.05) is 23.2 Å². The van der Waals surface area contributed by atoms with Gasteiger partial charge in [0.2, 0.25) is 21.3 Å². The summed E-state index contributed by atoms with van der Waals surface area (Å²) < 4.78 is 40.6. The van der Waals surface area contributed by atoms with Crippen LogP contribution in [0.15, 0.2) is 59.8 Å². The van der Waals surface area contributed by atoms with Gasteiger partial charge in [0.25, 0.3) is 0 Å². The minimum atomic E-state index is -3.80. The van der Waals surface area contributed by atoms with Crippen molar-refractivity contribution in [3.63, 3.8) is 0 Å². The molecule has 0 N–H and O–H groups in total. The summed E-state index contributed by atoms with van der Waals surface area (Å²) in [5.74, 6) is 0.0670. The lowest BCUT2D eigenvalue weighted by Gasteiger charge is -2.43. The lowest BCUT2D eigenvalue weighted by molar-refractivity contribution is 0.0524. The molecule has 2 aliphatic rings. The average Bonchev–Trinajstić information content (AvgIpc) is 3.30. The number of benzene rings is 1. The van der Waals surface area contributed by atoms with Crippen molar-refractivity contribution >= 4 is 61.6 Å². The standard InChI is InChI=1S/C31H32Cl2N6O6S/c1-4-44-31(41)23-17-38(19-7-8-28(35-14-19)37-15-21(16-37)36(2)3)26-13-27(25(33)12-22(26)29(23)40)39-20(9-11-46(39,42)43)18-45-30-24(32)6-5-10-34-30/h5-8,10,12-14,17,20-21H,4,9,11,15-16,18H2,1-3H3. The van der Waals surface area contributed by atoms with E-state index in [9.17, 15) is 18.0 Å². The SMILES string of the molecule is CCOC(=O)c1cn(-c2ccc(N3CC(N(C)C)C3)nc2)c2cc(N3C(COc4ncccc4Cl)CCS3(=O)=O)c(Cl)cc2c1=O. The highest BCUT2D eigenvalue weighted by molar-refractivity contribution is 7.93. The summed E-state index contributed by atoms with van der Waals surface area (Å²) in [5.41, 5.74) is 0.270. The average molecular weight is 688 g/mol. The fourth-order valence-corrected chi connectivity index (χ4v) is 7.94. The van der Waals surface area contributed by atoms with Crippen LogP contribution in [-0.4, -0.2) is 92.1 Å². The Hall–Kier alpha value is -3.91. The molecule has 15 heteroatoms. The van der Waals surface area contributed by atoms with E-state index in [2.05, 4.69) is 19.8 Å². The van der Waals surface area contributed by atoms with Crippen molar-refractivity contribution in [3.8, 4) is 11.6 Å². The normalized spacial score (nSPS) is 17.8. The first-order chi connectivity index (χ1) is 22.0. The lowest BCUT2D eigenvalue weighted by Crippen LogP contribution is -2.57. The third kappa shape index (κ3) is 5.99. The van der Waals surface area contributed by atoms with E-state index in [1.54, 1.807) is 35.9 Å². The molecule has 2 saturated heterocycles. The van der Waals surface area contributed by atoms with Crippen molar-refractivity contribution in [2.75, 3.05) is 55.4 Å². The number of likely N-dealkylation sites (N-methyl/N-ethyl adjacent to an activating group) is 1. The highest BCUT2D eigenvalue weighted by Gasteiger charge is 2.39. The number of esters is 1. The molecule has 1 unspecified atom stereocenters. The summed E-state index contributed by atoms with van der Waals surface area (Å²) >= 11 is 12.9. The smallest absolute Gasteiger partial charge is 0.343 e. The molecule has 0 amide bonds. The summed E-state index contributed by atoms with van der Waals surface area (Å²) in [6, 6.07) is 9.74. The van der Waals surface area contributed by atoms with Crippen LogP contribution in [0.3, 0.4) is 0 Å². The molecule has 0 radical (unpaired) electrons. The van der Waals surface area contributed by atoms with Crippen LogP contribution in [0.2, 0.25) is 10.0 Å². The van der Waals surface area contributed by atoms with E-state index in [4.69, 9.17) is 32.7 Å². The van der Waals surface area contributed by atoms with E-state index >= 15 is 0 Å². The zero-order valence-corrected chi connectivity index (χ0v) is 27.7. The number of hydrogen-bond donors (Lipinski definition) is 0. The molecule has 0 saturated carbocycles. The molecule has 46 heavy (non-hydrogen) atoms. The lowest BCUT2D eigenvalue weighted by atomic mass is 10.1.